The molecule has 1 aromatic carbocycles. The summed E-state index contributed by atoms with van der Waals surface area (Å²) in [5, 5.41) is 0. The lowest BCUT2D eigenvalue weighted by molar-refractivity contribution is -0.139. The number of hydrogen-bond donors (Lipinski definition) is 0. The second-order valence-electron chi connectivity index (χ2n) is 7.17. The Labute approximate surface area is 147 Å². The predicted octanol–water partition coefficient (Wildman–Crippen LogP) is 5.64. The number of hydrogen-bond acceptors (Lipinski definition) is 3. The van der Waals surface area contributed by atoms with Crippen molar-refractivity contribution >= 4 is 12.0 Å². The number of unbranched alkanes of at least 4 members (excludes halogenated alkanes) is 1. The van der Waals surface area contributed by atoms with Crippen LogP contribution < -0.4 is 4.74 Å². The van der Waals surface area contributed by atoms with E-state index < -0.39 is 0 Å². The fourth-order valence-electron chi connectivity index (χ4n) is 2.35. The van der Waals surface area contributed by atoms with Gasteiger partial charge in [0.15, 0.2) is 0 Å². The second-order valence-corrected chi connectivity index (χ2v) is 7.17. The summed E-state index contributed by atoms with van der Waals surface area (Å²) in [5.41, 5.74) is 0.682. The number of ether oxygens (including phenoxy) is 2. The van der Waals surface area contributed by atoms with Gasteiger partial charge in [0.2, 0.25) is 0 Å². The molecule has 0 heterocycles. The predicted molar refractivity (Wildman–Crippen MR) is 100 cm³/mol. The van der Waals surface area contributed by atoms with Crippen molar-refractivity contribution in [1.82, 2.24) is 0 Å². The van der Waals surface area contributed by atoms with Crippen LogP contribution in [0.15, 0.2) is 30.3 Å². The van der Waals surface area contributed by atoms with E-state index in [9.17, 15) is 4.79 Å². The smallest absolute Gasteiger partial charge is 0.330 e. The zero-order valence-corrected chi connectivity index (χ0v) is 15.8. The van der Waals surface area contributed by atoms with Crippen LogP contribution in [0.4, 0.5) is 0 Å². The van der Waals surface area contributed by atoms with Crippen LogP contribution in [0.25, 0.3) is 6.08 Å². The summed E-state index contributed by atoms with van der Waals surface area (Å²) in [4.78, 5) is 11.9. The number of rotatable bonds is 9. The molecule has 24 heavy (non-hydrogen) atoms. The van der Waals surface area contributed by atoms with Crippen LogP contribution in [0.2, 0.25) is 0 Å². The van der Waals surface area contributed by atoms with Crippen LogP contribution in [-0.2, 0) is 9.53 Å². The third kappa shape index (κ3) is 8.76. The van der Waals surface area contributed by atoms with Crippen LogP contribution in [0.3, 0.4) is 0 Å². The third-order valence-corrected chi connectivity index (χ3v) is 3.70. The van der Waals surface area contributed by atoms with Gasteiger partial charge >= 0.3 is 5.97 Å². The molecule has 1 rings (SSSR count). The molecule has 0 fully saturated rings. The first kappa shape index (κ1) is 20.3. The SMILES string of the molecule is CCCCC(CC)COC(=O)C=Cc1cccc(OC(C)(C)C)c1. The molecule has 1 aromatic rings. The van der Waals surface area contributed by atoms with E-state index in [0.29, 0.717) is 12.5 Å². The first-order chi connectivity index (χ1) is 11.3. The summed E-state index contributed by atoms with van der Waals surface area (Å²) in [6.07, 6.45) is 7.79. The van der Waals surface area contributed by atoms with E-state index in [1.807, 2.05) is 45.0 Å². The maximum atomic E-state index is 11.9. The van der Waals surface area contributed by atoms with Gasteiger partial charge in [-0.15, -0.1) is 0 Å². The molecule has 0 N–H and O–H groups in total. The highest BCUT2D eigenvalue weighted by atomic mass is 16.5. The standard InChI is InChI=1S/C21H32O3/c1-6-8-10-17(7-2)16-23-20(22)14-13-18-11-9-12-19(15-18)24-21(3,4)5/h9,11-15,17H,6-8,10,16H2,1-5H3. The first-order valence-corrected chi connectivity index (χ1v) is 8.98. The van der Waals surface area contributed by atoms with Crippen molar-refractivity contribution < 1.29 is 14.3 Å². The van der Waals surface area contributed by atoms with E-state index in [-0.39, 0.29) is 11.6 Å². The normalized spacial score (nSPS) is 13.0. The van der Waals surface area contributed by atoms with Crippen molar-refractivity contribution in [3.05, 3.63) is 35.9 Å². The summed E-state index contributed by atoms with van der Waals surface area (Å²) in [6.45, 7) is 10.9. The topological polar surface area (TPSA) is 35.5 Å². The summed E-state index contributed by atoms with van der Waals surface area (Å²) in [6, 6.07) is 7.70. The average molecular weight is 332 g/mol. The molecular weight excluding hydrogens is 300 g/mol. The Morgan fingerprint density at radius 3 is 2.62 bits per heavy atom. The van der Waals surface area contributed by atoms with Gasteiger partial charge in [-0.3, -0.25) is 0 Å². The highest BCUT2D eigenvalue weighted by Crippen LogP contribution is 2.20. The molecule has 1 atom stereocenters. The Hall–Kier alpha value is -1.77. The number of carbonyl (C=O) groups excluding carboxylic acids is 1. The molecule has 0 bridgehead atoms. The molecule has 0 spiro atoms. The Morgan fingerprint density at radius 2 is 2.00 bits per heavy atom. The molecule has 0 aromatic heterocycles. The lowest BCUT2D eigenvalue weighted by Crippen LogP contribution is -2.22. The molecule has 134 valence electrons. The van der Waals surface area contributed by atoms with Gasteiger partial charge in [-0.2, -0.15) is 0 Å². The fraction of sp³-hybridized carbons (Fsp3) is 0.571. The van der Waals surface area contributed by atoms with E-state index >= 15 is 0 Å². The Bertz CT molecular complexity index is 526. The number of benzene rings is 1. The largest absolute Gasteiger partial charge is 0.488 e. The van der Waals surface area contributed by atoms with Gasteiger partial charge in [0, 0.05) is 6.08 Å². The van der Waals surface area contributed by atoms with Crippen molar-refractivity contribution in [2.45, 2.75) is 65.9 Å². The minimum absolute atomic E-state index is 0.241. The molecule has 0 saturated carbocycles. The van der Waals surface area contributed by atoms with Crippen LogP contribution in [0.1, 0.15) is 65.9 Å². The monoisotopic (exact) mass is 332 g/mol. The summed E-state index contributed by atoms with van der Waals surface area (Å²) in [7, 11) is 0. The zero-order valence-electron chi connectivity index (χ0n) is 15.8. The molecule has 0 amide bonds. The summed E-state index contributed by atoms with van der Waals surface area (Å²) in [5.74, 6) is 0.974. The highest BCUT2D eigenvalue weighted by Gasteiger charge is 2.11. The van der Waals surface area contributed by atoms with Crippen LogP contribution >= 0.6 is 0 Å². The van der Waals surface area contributed by atoms with Crippen molar-refractivity contribution in [2.24, 2.45) is 5.92 Å². The van der Waals surface area contributed by atoms with Crippen molar-refractivity contribution in [3.63, 3.8) is 0 Å². The van der Waals surface area contributed by atoms with Gasteiger partial charge in [0.25, 0.3) is 0 Å². The van der Waals surface area contributed by atoms with Gasteiger partial charge in [-0.05, 0) is 56.9 Å². The lowest BCUT2D eigenvalue weighted by Gasteiger charge is -2.21. The van der Waals surface area contributed by atoms with Crippen molar-refractivity contribution in [2.75, 3.05) is 6.61 Å². The van der Waals surface area contributed by atoms with Gasteiger partial charge in [-0.1, -0.05) is 45.2 Å². The van der Waals surface area contributed by atoms with Crippen molar-refractivity contribution in [3.8, 4) is 5.75 Å². The van der Waals surface area contributed by atoms with Crippen LogP contribution in [0.5, 0.6) is 5.75 Å². The second kappa shape index (κ2) is 10.2. The van der Waals surface area contributed by atoms with Gasteiger partial charge in [-0.25, -0.2) is 4.79 Å². The van der Waals surface area contributed by atoms with E-state index in [1.54, 1.807) is 6.08 Å². The maximum absolute atomic E-state index is 11.9. The van der Waals surface area contributed by atoms with E-state index in [0.717, 1.165) is 24.2 Å². The Morgan fingerprint density at radius 1 is 1.25 bits per heavy atom. The highest BCUT2D eigenvalue weighted by molar-refractivity contribution is 5.87. The number of carbonyl (C=O) groups is 1. The summed E-state index contributed by atoms with van der Waals surface area (Å²) >= 11 is 0. The van der Waals surface area contributed by atoms with Crippen LogP contribution in [-0.4, -0.2) is 18.2 Å². The number of esters is 1. The molecule has 0 aliphatic heterocycles. The minimum atomic E-state index is -0.285. The van der Waals surface area contributed by atoms with E-state index in [1.165, 1.54) is 18.9 Å². The molecule has 0 aliphatic carbocycles. The quantitative estimate of drug-likeness (QED) is 0.434. The molecule has 3 nitrogen and oxygen atoms in total. The van der Waals surface area contributed by atoms with Crippen LogP contribution in [0, 0.1) is 5.92 Å². The van der Waals surface area contributed by atoms with E-state index in [4.69, 9.17) is 9.47 Å². The van der Waals surface area contributed by atoms with Gasteiger partial charge < -0.3 is 9.47 Å². The zero-order chi connectivity index (χ0) is 18.0. The van der Waals surface area contributed by atoms with Gasteiger partial charge in [0.1, 0.15) is 11.4 Å². The lowest BCUT2D eigenvalue weighted by atomic mass is 10.0. The Balaban J connectivity index is 2.53. The van der Waals surface area contributed by atoms with E-state index in [2.05, 4.69) is 13.8 Å². The molecular formula is C21H32O3. The maximum Gasteiger partial charge on any atom is 0.330 e. The molecule has 0 radical (unpaired) electrons. The fourth-order valence-corrected chi connectivity index (χ4v) is 2.35. The molecule has 3 heteroatoms. The average Bonchev–Trinajstić information content (AvgIpc) is 2.52. The minimum Gasteiger partial charge on any atom is -0.488 e. The molecule has 0 saturated heterocycles. The first-order valence-electron chi connectivity index (χ1n) is 8.98. The Kier molecular flexibility index (Phi) is 8.59. The van der Waals surface area contributed by atoms with Crippen molar-refractivity contribution in [1.29, 1.82) is 0 Å². The third-order valence-electron chi connectivity index (χ3n) is 3.70. The van der Waals surface area contributed by atoms with Gasteiger partial charge in [0.05, 0.1) is 6.61 Å². The molecule has 1 unspecified atom stereocenters. The summed E-state index contributed by atoms with van der Waals surface area (Å²) < 4.78 is 11.2. The molecule has 0 aliphatic rings.